The number of aliphatic carboxylic acids is 1. The van der Waals surface area contributed by atoms with Crippen molar-refractivity contribution in [1.82, 2.24) is 0 Å². The van der Waals surface area contributed by atoms with E-state index in [1.165, 1.54) is 25.2 Å². The molecule has 1 aromatic heterocycles. The summed E-state index contributed by atoms with van der Waals surface area (Å²) in [6.07, 6.45) is 0. The van der Waals surface area contributed by atoms with Crippen LogP contribution in [0.15, 0.2) is 36.4 Å². The smallest absolute Gasteiger partial charge is 0.347 e. The molecule has 0 atom stereocenters. The van der Waals surface area contributed by atoms with E-state index in [-0.39, 0.29) is 0 Å². The third kappa shape index (κ3) is 2.34. The molecule has 0 unspecified atom stereocenters. The number of hydrogen-bond acceptors (Lipinski definition) is 3. The van der Waals surface area contributed by atoms with Crippen LogP contribution in [0, 0.1) is 0 Å². The molecule has 3 rings (SSSR count). The zero-order chi connectivity index (χ0) is 15.2. The number of fused-ring (bicyclic) bond motifs is 3. The van der Waals surface area contributed by atoms with Gasteiger partial charge in [-0.3, -0.25) is 0 Å². The lowest BCUT2D eigenvalue weighted by Crippen LogP contribution is -2.37. The summed E-state index contributed by atoms with van der Waals surface area (Å²) in [5.74, 6) is -0.434. The second kappa shape index (κ2) is 4.90. The molecule has 0 bridgehead atoms. The van der Waals surface area contributed by atoms with Gasteiger partial charge in [0, 0.05) is 10.8 Å². The van der Waals surface area contributed by atoms with Crippen LogP contribution < -0.4 is 4.74 Å². The molecule has 108 valence electrons. The fourth-order valence-corrected chi connectivity index (χ4v) is 3.60. The summed E-state index contributed by atoms with van der Waals surface area (Å²) >= 11 is 7.76. The summed E-state index contributed by atoms with van der Waals surface area (Å²) in [5, 5.41) is 12.0. The van der Waals surface area contributed by atoms with Crippen molar-refractivity contribution in [3.63, 3.8) is 0 Å². The maximum absolute atomic E-state index is 11.2. The minimum Gasteiger partial charge on any atom is -0.478 e. The van der Waals surface area contributed by atoms with Crippen molar-refractivity contribution in [2.24, 2.45) is 0 Å². The highest BCUT2D eigenvalue weighted by Gasteiger charge is 2.30. The van der Waals surface area contributed by atoms with E-state index in [9.17, 15) is 9.90 Å². The third-order valence-electron chi connectivity index (χ3n) is 3.32. The Morgan fingerprint density at radius 1 is 1.14 bits per heavy atom. The quantitative estimate of drug-likeness (QED) is 0.742. The van der Waals surface area contributed by atoms with Gasteiger partial charge in [0.2, 0.25) is 0 Å². The molecule has 21 heavy (non-hydrogen) atoms. The second-order valence-electron chi connectivity index (χ2n) is 5.27. The standard InChI is InChI=1S/C16H13ClO3S/c1-16(2,15(18)19)20-12-8-4-6-10-9-5-3-7-11(17)13(9)21-14(10)12/h3-8H,1-2H3,(H,18,19). The Hall–Kier alpha value is -1.78. The Bertz CT molecular complexity index is 851. The van der Waals surface area contributed by atoms with E-state index in [1.54, 1.807) is 6.07 Å². The van der Waals surface area contributed by atoms with Crippen molar-refractivity contribution in [3.8, 4) is 5.75 Å². The molecule has 1 heterocycles. The van der Waals surface area contributed by atoms with Crippen molar-refractivity contribution in [3.05, 3.63) is 41.4 Å². The van der Waals surface area contributed by atoms with Crippen molar-refractivity contribution in [2.45, 2.75) is 19.4 Å². The Morgan fingerprint density at radius 3 is 2.43 bits per heavy atom. The van der Waals surface area contributed by atoms with Crippen LogP contribution in [0.3, 0.4) is 0 Å². The summed E-state index contributed by atoms with van der Waals surface area (Å²) < 4.78 is 7.61. The van der Waals surface area contributed by atoms with Crippen LogP contribution in [0.25, 0.3) is 20.2 Å². The molecular weight excluding hydrogens is 308 g/mol. The molecule has 0 aliphatic heterocycles. The van der Waals surface area contributed by atoms with Gasteiger partial charge in [0.1, 0.15) is 5.75 Å². The number of carboxylic acid groups (broad SMARTS) is 1. The van der Waals surface area contributed by atoms with E-state index in [1.807, 2.05) is 30.3 Å². The fourth-order valence-electron chi connectivity index (χ4n) is 2.16. The number of hydrogen-bond donors (Lipinski definition) is 1. The molecule has 2 aromatic carbocycles. The van der Waals surface area contributed by atoms with Gasteiger partial charge in [-0.25, -0.2) is 4.79 Å². The van der Waals surface area contributed by atoms with Crippen LogP contribution in [0.2, 0.25) is 5.02 Å². The lowest BCUT2D eigenvalue weighted by atomic mass is 10.1. The molecule has 5 heteroatoms. The molecule has 0 aliphatic rings. The molecule has 0 radical (unpaired) electrons. The first-order valence-corrected chi connectivity index (χ1v) is 7.62. The maximum atomic E-state index is 11.2. The highest BCUT2D eigenvalue weighted by molar-refractivity contribution is 7.26. The Labute approximate surface area is 130 Å². The van der Waals surface area contributed by atoms with Crippen LogP contribution in [0.1, 0.15) is 13.8 Å². The summed E-state index contributed by atoms with van der Waals surface area (Å²) in [6, 6.07) is 11.4. The fraction of sp³-hybridized carbons (Fsp3) is 0.188. The number of benzene rings is 2. The van der Waals surface area contributed by atoms with Gasteiger partial charge in [-0.2, -0.15) is 0 Å². The molecule has 1 N–H and O–H groups in total. The van der Waals surface area contributed by atoms with Crippen molar-refractivity contribution in [2.75, 3.05) is 0 Å². The number of thiophene rings is 1. The highest BCUT2D eigenvalue weighted by atomic mass is 35.5. The highest BCUT2D eigenvalue weighted by Crippen LogP contribution is 2.42. The monoisotopic (exact) mass is 320 g/mol. The zero-order valence-electron chi connectivity index (χ0n) is 11.5. The SMILES string of the molecule is CC(C)(Oc1cccc2c1sc1c(Cl)cccc12)C(=O)O. The average molecular weight is 321 g/mol. The molecule has 0 saturated carbocycles. The minimum atomic E-state index is -1.28. The first-order valence-electron chi connectivity index (χ1n) is 6.42. The van der Waals surface area contributed by atoms with E-state index in [2.05, 4.69) is 0 Å². The first-order chi connectivity index (χ1) is 9.90. The number of ether oxygens (including phenoxy) is 1. The topological polar surface area (TPSA) is 46.5 Å². The van der Waals surface area contributed by atoms with Crippen molar-refractivity contribution >= 4 is 49.1 Å². The second-order valence-corrected chi connectivity index (χ2v) is 6.70. The lowest BCUT2D eigenvalue weighted by molar-refractivity contribution is -0.152. The maximum Gasteiger partial charge on any atom is 0.347 e. The van der Waals surface area contributed by atoms with Gasteiger partial charge >= 0.3 is 5.97 Å². The molecule has 0 saturated heterocycles. The predicted molar refractivity (Wildman–Crippen MR) is 86.7 cm³/mol. The lowest BCUT2D eigenvalue weighted by Gasteiger charge is -2.21. The van der Waals surface area contributed by atoms with E-state index < -0.39 is 11.6 Å². The number of rotatable bonds is 3. The third-order valence-corrected chi connectivity index (χ3v) is 5.02. The summed E-state index contributed by atoms with van der Waals surface area (Å²) in [7, 11) is 0. The molecule has 3 nitrogen and oxygen atoms in total. The summed E-state index contributed by atoms with van der Waals surface area (Å²) in [5.41, 5.74) is -1.28. The Morgan fingerprint density at radius 2 is 1.76 bits per heavy atom. The summed E-state index contributed by atoms with van der Waals surface area (Å²) in [4.78, 5) is 11.2. The van der Waals surface area contributed by atoms with Crippen molar-refractivity contribution < 1.29 is 14.6 Å². The predicted octanol–water partition coefficient (Wildman–Crippen LogP) is 4.95. The molecule has 0 spiro atoms. The number of halogens is 1. The van der Waals surface area contributed by atoms with Gasteiger partial charge in [0.25, 0.3) is 0 Å². The van der Waals surface area contributed by atoms with E-state index >= 15 is 0 Å². The minimum absolute atomic E-state index is 0.567. The van der Waals surface area contributed by atoms with Crippen LogP contribution in [-0.2, 0) is 4.79 Å². The largest absolute Gasteiger partial charge is 0.478 e. The zero-order valence-corrected chi connectivity index (χ0v) is 13.1. The van der Waals surface area contributed by atoms with Gasteiger partial charge in [-0.15, -0.1) is 11.3 Å². The van der Waals surface area contributed by atoms with Crippen LogP contribution in [-0.4, -0.2) is 16.7 Å². The van der Waals surface area contributed by atoms with Crippen molar-refractivity contribution in [1.29, 1.82) is 0 Å². The normalized spacial score (nSPS) is 12.0. The van der Waals surface area contributed by atoms with Gasteiger partial charge in [0.15, 0.2) is 5.60 Å². The average Bonchev–Trinajstić information content (AvgIpc) is 2.80. The van der Waals surface area contributed by atoms with E-state index in [0.717, 1.165) is 20.2 Å². The van der Waals surface area contributed by atoms with Gasteiger partial charge < -0.3 is 9.84 Å². The van der Waals surface area contributed by atoms with E-state index in [4.69, 9.17) is 16.3 Å². The van der Waals surface area contributed by atoms with E-state index in [0.29, 0.717) is 10.8 Å². The van der Waals surface area contributed by atoms with Crippen LogP contribution >= 0.6 is 22.9 Å². The Kier molecular flexibility index (Phi) is 3.30. The molecular formula is C16H13ClO3S. The number of carboxylic acids is 1. The molecule has 3 aromatic rings. The Balaban J connectivity index is 2.23. The molecule has 0 fully saturated rings. The van der Waals surface area contributed by atoms with Crippen LogP contribution in [0.5, 0.6) is 5.75 Å². The van der Waals surface area contributed by atoms with Gasteiger partial charge in [0.05, 0.1) is 14.4 Å². The van der Waals surface area contributed by atoms with Crippen LogP contribution in [0.4, 0.5) is 0 Å². The van der Waals surface area contributed by atoms with Gasteiger partial charge in [-0.05, 0) is 26.0 Å². The van der Waals surface area contributed by atoms with Gasteiger partial charge in [-0.1, -0.05) is 35.9 Å². The molecule has 0 aliphatic carbocycles. The molecule has 0 amide bonds. The summed E-state index contributed by atoms with van der Waals surface area (Å²) in [6.45, 7) is 3.07. The number of carbonyl (C=O) groups is 1. The first kappa shape index (κ1) is 14.2.